The maximum atomic E-state index is 14.9. The normalized spacial score (nSPS) is 23.7. The number of alkyl halides is 3. The highest BCUT2D eigenvalue weighted by molar-refractivity contribution is 5.73. The average Bonchev–Trinajstić information content (AvgIpc) is 3.39. The molecule has 1 aromatic heterocycles. The first-order valence-electron chi connectivity index (χ1n) is 12.3. The third-order valence-electron chi connectivity index (χ3n) is 8.16. The Labute approximate surface area is 216 Å². The first kappa shape index (κ1) is 27.7. The molecule has 1 heterocycles. The number of benzene rings is 2. The quantitative estimate of drug-likeness (QED) is 0.337. The second-order valence-electron chi connectivity index (χ2n) is 10.6. The first-order chi connectivity index (χ1) is 17.8. The van der Waals surface area contributed by atoms with E-state index in [-0.39, 0.29) is 12.1 Å². The molecule has 11 heteroatoms. The molecule has 0 unspecified atom stereocenters. The fourth-order valence-electron chi connectivity index (χ4n) is 5.78. The van der Waals surface area contributed by atoms with Gasteiger partial charge in [0.2, 0.25) is 0 Å². The van der Waals surface area contributed by atoms with Crippen molar-refractivity contribution in [2.45, 2.75) is 52.4 Å². The number of aromatic amines is 1. The van der Waals surface area contributed by atoms with E-state index in [0.717, 1.165) is 17.5 Å². The number of halogens is 5. The van der Waals surface area contributed by atoms with Gasteiger partial charge in [-0.15, -0.1) is 0 Å². The number of nitrogens with one attached hydrogen (secondary N) is 2. The number of hydrogen-bond donors (Lipinski definition) is 3. The summed E-state index contributed by atoms with van der Waals surface area (Å²) in [6, 6.07) is 10.6. The van der Waals surface area contributed by atoms with Gasteiger partial charge in [-0.1, -0.05) is 39.0 Å². The van der Waals surface area contributed by atoms with Crippen molar-refractivity contribution in [1.82, 2.24) is 20.5 Å². The lowest BCUT2D eigenvalue weighted by molar-refractivity contribution is -0.192. The molecule has 0 amide bonds. The van der Waals surface area contributed by atoms with Gasteiger partial charge in [-0.2, -0.15) is 18.3 Å². The number of aromatic nitrogens is 3. The predicted octanol–water partition coefficient (Wildman–Crippen LogP) is 6.21. The summed E-state index contributed by atoms with van der Waals surface area (Å²) in [6.07, 6.45) is -1.28. The molecule has 2 aromatic carbocycles. The molecule has 38 heavy (non-hydrogen) atoms. The van der Waals surface area contributed by atoms with Gasteiger partial charge in [0.1, 0.15) is 18.0 Å². The van der Waals surface area contributed by atoms with Gasteiger partial charge in [-0.25, -0.2) is 18.6 Å². The van der Waals surface area contributed by atoms with Gasteiger partial charge in [0.05, 0.1) is 0 Å². The molecule has 4 atom stereocenters. The fraction of sp³-hybridized carbons (Fsp3) is 0.444. The highest BCUT2D eigenvalue weighted by Crippen LogP contribution is 2.61. The van der Waals surface area contributed by atoms with Gasteiger partial charge in [0.15, 0.2) is 5.82 Å². The number of fused-ring (bicyclic) bond motifs is 2. The Morgan fingerprint density at radius 1 is 1.11 bits per heavy atom. The minimum Gasteiger partial charge on any atom is -0.475 e. The summed E-state index contributed by atoms with van der Waals surface area (Å²) >= 11 is 0. The molecule has 0 radical (unpaired) electrons. The van der Waals surface area contributed by atoms with Crippen LogP contribution in [0.15, 0.2) is 42.7 Å². The molecule has 3 aromatic rings. The van der Waals surface area contributed by atoms with Crippen molar-refractivity contribution in [3.05, 3.63) is 59.9 Å². The molecule has 3 saturated carbocycles. The third kappa shape index (κ3) is 5.57. The second-order valence-corrected chi connectivity index (χ2v) is 10.6. The molecule has 6 nitrogen and oxygen atoms in total. The van der Waals surface area contributed by atoms with E-state index in [1.165, 1.54) is 24.9 Å². The molecule has 3 N–H and O–H groups in total. The van der Waals surface area contributed by atoms with E-state index in [0.29, 0.717) is 40.6 Å². The Hall–Kier alpha value is -3.34. The number of carboxylic acids is 1. The largest absolute Gasteiger partial charge is 0.490 e. The van der Waals surface area contributed by atoms with Crippen molar-refractivity contribution in [2.24, 2.45) is 23.2 Å². The van der Waals surface area contributed by atoms with E-state index in [2.05, 4.69) is 41.3 Å². The zero-order chi connectivity index (χ0) is 27.8. The molecule has 0 spiro atoms. The van der Waals surface area contributed by atoms with E-state index in [4.69, 9.17) is 9.90 Å². The van der Waals surface area contributed by atoms with Crippen LogP contribution >= 0.6 is 0 Å². The molecular formula is C27H29F5N4O2. The standard InChI is InChI=1S/C25H28F2N4.C2HF3O2/c1-14-20-10-18(25(20,2)3)11-23(14)28-12-19-21(26)8-17(9-22(19)27)15-5-4-6-16(7-15)24-29-13-30-31-24;3-2(4,5)1(6)7/h4-9,13-14,18,20,23,28H,10-12H2,1-3H3,(H,29,30,31);(H,6,7)/t14-,18-,20-,23-;/m1./s1. The zero-order valence-corrected chi connectivity index (χ0v) is 21.1. The van der Waals surface area contributed by atoms with Crippen LogP contribution in [0.3, 0.4) is 0 Å². The second kappa shape index (κ2) is 10.4. The lowest BCUT2D eigenvalue weighted by Gasteiger charge is -2.62. The van der Waals surface area contributed by atoms with E-state index in [1.807, 2.05) is 24.3 Å². The van der Waals surface area contributed by atoms with E-state index >= 15 is 0 Å². The highest BCUT2D eigenvalue weighted by atomic mass is 19.4. The maximum Gasteiger partial charge on any atom is 0.490 e. The monoisotopic (exact) mass is 536 g/mol. The number of H-pyrrole nitrogens is 1. The maximum absolute atomic E-state index is 14.9. The van der Waals surface area contributed by atoms with Crippen molar-refractivity contribution in [3.8, 4) is 22.5 Å². The van der Waals surface area contributed by atoms with Gasteiger partial charge in [-0.05, 0) is 65.3 Å². The molecule has 0 aliphatic heterocycles. The molecule has 6 rings (SSSR count). The van der Waals surface area contributed by atoms with Gasteiger partial charge in [-0.3, -0.25) is 5.10 Å². The Bertz CT molecular complexity index is 1270. The summed E-state index contributed by atoms with van der Waals surface area (Å²) in [6.45, 7) is 7.20. The van der Waals surface area contributed by atoms with E-state index in [1.54, 1.807) is 0 Å². The van der Waals surface area contributed by atoms with Crippen molar-refractivity contribution >= 4 is 5.97 Å². The number of aliphatic carboxylic acids is 1. The molecule has 2 bridgehead atoms. The molecular weight excluding hydrogens is 507 g/mol. The minimum atomic E-state index is -5.08. The summed E-state index contributed by atoms with van der Waals surface area (Å²) in [5, 5.41) is 17.2. The number of carbonyl (C=O) groups is 1. The number of carboxylic acid groups (broad SMARTS) is 1. The lowest BCUT2D eigenvalue weighted by atomic mass is 9.45. The summed E-state index contributed by atoms with van der Waals surface area (Å²) in [4.78, 5) is 13.0. The lowest BCUT2D eigenvalue weighted by Crippen LogP contribution is -2.59. The number of rotatable bonds is 5. The summed E-state index contributed by atoms with van der Waals surface area (Å²) < 4.78 is 61.6. The summed E-state index contributed by atoms with van der Waals surface area (Å²) in [7, 11) is 0. The molecule has 3 aliphatic rings. The van der Waals surface area contributed by atoms with Crippen molar-refractivity contribution in [3.63, 3.8) is 0 Å². The van der Waals surface area contributed by atoms with Crippen LogP contribution in [-0.4, -0.2) is 38.5 Å². The highest BCUT2D eigenvalue weighted by Gasteiger charge is 2.56. The molecule has 3 aliphatic carbocycles. The SMILES string of the molecule is C[C@@H]1[C@H]2C[C@H](C[C@H]1NCc1c(F)cc(-c3cccc(-c4ncn[nH]4)c3)cc1F)C2(C)C.O=C(O)C(F)(F)F. The summed E-state index contributed by atoms with van der Waals surface area (Å²) in [5.74, 6) is -1.25. The van der Waals surface area contributed by atoms with Gasteiger partial charge in [0, 0.05) is 23.7 Å². The van der Waals surface area contributed by atoms with Crippen LogP contribution in [-0.2, 0) is 11.3 Å². The van der Waals surface area contributed by atoms with Crippen LogP contribution in [0.4, 0.5) is 22.0 Å². The Balaban J connectivity index is 0.000000426. The van der Waals surface area contributed by atoms with E-state index < -0.39 is 23.8 Å². The van der Waals surface area contributed by atoms with Crippen molar-refractivity contribution in [1.29, 1.82) is 0 Å². The first-order valence-corrected chi connectivity index (χ1v) is 12.3. The van der Waals surface area contributed by atoms with Crippen LogP contribution < -0.4 is 5.32 Å². The molecule has 204 valence electrons. The third-order valence-corrected chi connectivity index (χ3v) is 8.16. The van der Waals surface area contributed by atoms with Gasteiger partial charge in [0.25, 0.3) is 0 Å². The Morgan fingerprint density at radius 2 is 1.74 bits per heavy atom. The average molecular weight is 537 g/mol. The Kier molecular flexibility index (Phi) is 7.60. The minimum absolute atomic E-state index is 0.112. The molecule has 0 saturated heterocycles. The number of hydrogen-bond acceptors (Lipinski definition) is 4. The Morgan fingerprint density at radius 3 is 2.26 bits per heavy atom. The number of nitrogens with zero attached hydrogens (tertiary/aromatic N) is 2. The van der Waals surface area contributed by atoms with Gasteiger partial charge < -0.3 is 10.4 Å². The van der Waals surface area contributed by atoms with Crippen molar-refractivity contribution in [2.75, 3.05) is 0 Å². The topological polar surface area (TPSA) is 90.9 Å². The van der Waals surface area contributed by atoms with Crippen LogP contribution in [0.5, 0.6) is 0 Å². The fourth-order valence-corrected chi connectivity index (χ4v) is 5.78. The van der Waals surface area contributed by atoms with Crippen LogP contribution in [0, 0.1) is 34.8 Å². The smallest absolute Gasteiger partial charge is 0.475 e. The zero-order valence-electron chi connectivity index (χ0n) is 21.1. The van der Waals surface area contributed by atoms with Crippen LogP contribution in [0.2, 0.25) is 0 Å². The van der Waals surface area contributed by atoms with Crippen LogP contribution in [0.1, 0.15) is 39.2 Å². The summed E-state index contributed by atoms with van der Waals surface area (Å²) in [5.41, 5.74) is 2.56. The van der Waals surface area contributed by atoms with E-state index in [9.17, 15) is 22.0 Å². The molecule has 3 fully saturated rings. The predicted molar refractivity (Wildman–Crippen MR) is 131 cm³/mol. The van der Waals surface area contributed by atoms with Crippen molar-refractivity contribution < 1.29 is 31.9 Å². The van der Waals surface area contributed by atoms with Crippen LogP contribution in [0.25, 0.3) is 22.5 Å². The van der Waals surface area contributed by atoms with Gasteiger partial charge >= 0.3 is 12.1 Å².